The Kier molecular flexibility index (Phi) is 4.41. The third-order valence-electron chi connectivity index (χ3n) is 1.23. The predicted octanol–water partition coefficient (Wildman–Crippen LogP) is -0.804. The molecule has 1 aromatic carbocycles. The second-order valence-electron chi connectivity index (χ2n) is 2.17. The minimum absolute atomic E-state index is 0. The summed E-state index contributed by atoms with van der Waals surface area (Å²) in [4.78, 5) is 9.89. The molecule has 1 aromatic rings. The molecule has 0 radical (unpaired) electrons. The first kappa shape index (κ1) is 11.0. The van der Waals surface area contributed by atoms with Crippen LogP contribution in [0.15, 0.2) is 24.3 Å². The van der Waals surface area contributed by atoms with Gasteiger partial charge in [-0.25, -0.2) is 0 Å². The molecule has 0 amide bonds. The van der Waals surface area contributed by atoms with Crippen molar-refractivity contribution in [3.05, 3.63) is 45.4 Å². The summed E-state index contributed by atoms with van der Waals surface area (Å²) in [5.41, 5.74) is 4.56. The molecule has 0 aliphatic carbocycles. The molecule has 0 saturated carbocycles. The molecule has 1 rings (SSSR count). The van der Waals surface area contributed by atoms with Gasteiger partial charge >= 0.3 is 18.9 Å². The van der Waals surface area contributed by atoms with Crippen LogP contribution in [0.5, 0.6) is 0 Å². The molecular formula is C7H7LiN2O2. The maximum Gasteiger partial charge on any atom is 1.00 e. The van der Waals surface area contributed by atoms with E-state index in [0.29, 0.717) is 5.69 Å². The number of hydrogen-bond acceptors (Lipinski definition) is 2. The van der Waals surface area contributed by atoms with Crippen LogP contribution < -0.4 is 18.9 Å². The van der Waals surface area contributed by atoms with Gasteiger partial charge in [0.15, 0.2) is 0 Å². The van der Waals surface area contributed by atoms with Crippen molar-refractivity contribution in [2.24, 2.45) is 0 Å². The quantitative estimate of drug-likeness (QED) is 0.321. The number of benzene rings is 1. The molecule has 0 aromatic heterocycles. The summed E-state index contributed by atoms with van der Waals surface area (Å²) in [6.07, 6.45) is 0. The number of aryl methyl sites for hydroxylation is 1. The van der Waals surface area contributed by atoms with Crippen LogP contribution in [0.2, 0.25) is 0 Å². The summed E-state index contributed by atoms with van der Waals surface area (Å²) in [6, 6.07) is 6.78. The van der Waals surface area contributed by atoms with Crippen molar-refractivity contribution in [2.75, 3.05) is 0 Å². The molecule has 0 atom stereocenters. The minimum atomic E-state index is -0.704. The van der Waals surface area contributed by atoms with E-state index in [-0.39, 0.29) is 18.9 Å². The normalized spacial score (nSPS) is 8.42. The average molecular weight is 158 g/mol. The van der Waals surface area contributed by atoms with Gasteiger partial charge in [-0.2, -0.15) is 0 Å². The smallest absolute Gasteiger partial charge is 0.349 e. The Morgan fingerprint density at radius 2 is 1.83 bits per heavy atom. The molecule has 12 heavy (non-hydrogen) atoms. The molecule has 0 unspecified atom stereocenters. The summed E-state index contributed by atoms with van der Waals surface area (Å²) in [5.74, 6) is 0. The van der Waals surface area contributed by atoms with Crippen LogP contribution in [0, 0.1) is 17.0 Å². The van der Waals surface area contributed by atoms with E-state index >= 15 is 0 Å². The van der Waals surface area contributed by atoms with Crippen LogP contribution in [0.25, 0.3) is 5.43 Å². The summed E-state index contributed by atoms with van der Waals surface area (Å²) >= 11 is 0. The molecule has 0 aliphatic rings. The third kappa shape index (κ3) is 3.42. The average Bonchev–Trinajstić information content (AvgIpc) is 1.93. The first-order valence-corrected chi connectivity index (χ1v) is 3.11. The minimum Gasteiger partial charge on any atom is -0.349 e. The number of nitro groups is 1. The molecule has 0 fully saturated rings. The molecule has 0 N–H and O–H groups in total. The van der Waals surface area contributed by atoms with Crippen LogP contribution in [0.4, 0.5) is 5.69 Å². The zero-order chi connectivity index (χ0) is 8.27. The fourth-order valence-electron chi connectivity index (χ4n) is 0.706. The van der Waals surface area contributed by atoms with E-state index in [9.17, 15) is 10.1 Å². The van der Waals surface area contributed by atoms with Crippen LogP contribution in [-0.4, -0.2) is 5.03 Å². The fourth-order valence-corrected chi connectivity index (χ4v) is 0.706. The third-order valence-corrected chi connectivity index (χ3v) is 1.23. The number of hydrogen-bond donors (Lipinski definition) is 0. The maximum atomic E-state index is 9.89. The van der Waals surface area contributed by atoms with E-state index in [0.717, 1.165) is 5.56 Å². The summed E-state index contributed by atoms with van der Waals surface area (Å²) in [7, 11) is 0. The van der Waals surface area contributed by atoms with E-state index in [1.54, 1.807) is 24.3 Å². The van der Waals surface area contributed by atoms with Crippen LogP contribution in [0.3, 0.4) is 0 Å². The van der Waals surface area contributed by atoms with Gasteiger partial charge in [0.05, 0.1) is 0 Å². The Morgan fingerprint density at radius 1 is 1.33 bits per heavy atom. The molecular weight excluding hydrogens is 151 g/mol. The van der Waals surface area contributed by atoms with Gasteiger partial charge in [0, 0.05) is 0 Å². The van der Waals surface area contributed by atoms with E-state index in [1.165, 1.54) is 0 Å². The predicted molar refractivity (Wildman–Crippen MR) is 41.2 cm³/mol. The van der Waals surface area contributed by atoms with Crippen molar-refractivity contribution in [3.63, 3.8) is 0 Å². The van der Waals surface area contributed by atoms with Gasteiger partial charge < -0.3 is 5.43 Å². The Bertz CT molecular complexity index is 261. The Labute approximate surface area is 82.3 Å². The zero-order valence-corrected chi connectivity index (χ0v) is 7.02. The number of rotatable bonds is 2. The Hall–Kier alpha value is -0.983. The topological polar surface area (TPSA) is 57.2 Å². The summed E-state index contributed by atoms with van der Waals surface area (Å²) in [6.45, 7) is 1.91. The van der Waals surface area contributed by atoms with E-state index in [4.69, 9.17) is 0 Å². The number of nitrogens with zero attached hydrogens (tertiary/aromatic N) is 2. The van der Waals surface area contributed by atoms with Gasteiger partial charge in [-0.1, -0.05) is 35.5 Å². The van der Waals surface area contributed by atoms with Gasteiger partial charge in [-0.15, -0.1) is 0 Å². The first-order chi connectivity index (χ1) is 5.18. The Morgan fingerprint density at radius 3 is 2.25 bits per heavy atom. The molecule has 5 heteroatoms. The van der Waals surface area contributed by atoms with Crippen molar-refractivity contribution in [1.29, 1.82) is 0 Å². The van der Waals surface area contributed by atoms with Gasteiger partial charge in [0.25, 0.3) is 0 Å². The second kappa shape index (κ2) is 4.81. The summed E-state index contributed by atoms with van der Waals surface area (Å²) < 4.78 is 0. The Balaban J connectivity index is 0.00000121. The van der Waals surface area contributed by atoms with Gasteiger partial charge in [-0.05, 0) is 12.0 Å². The van der Waals surface area contributed by atoms with Crippen molar-refractivity contribution in [1.82, 2.24) is 0 Å². The van der Waals surface area contributed by atoms with Gasteiger partial charge in [0.2, 0.25) is 0 Å². The molecule has 0 spiro atoms. The molecule has 4 nitrogen and oxygen atoms in total. The molecule has 0 aliphatic heterocycles. The first-order valence-electron chi connectivity index (χ1n) is 3.11. The van der Waals surface area contributed by atoms with Crippen molar-refractivity contribution < 1.29 is 23.9 Å². The van der Waals surface area contributed by atoms with E-state index in [2.05, 4.69) is 5.43 Å². The molecule has 0 heterocycles. The van der Waals surface area contributed by atoms with Crippen LogP contribution in [-0.2, 0) is 0 Å². The van der Waals surface area contributed by atoms with Crippen LogP contribution >= 0.6 is 0 Å². The van der Waals surface area contributed by atoms with Crippen LogP contribution in [0.1, 0.15) is 5.56 Å². The molecule has 0 bridgehead atoms. The van der Waals surface area contributed by atoms with E-state index < -0.39 is 5.03 Å². The van der Waals surface area contributed by atoms with E-state index in [1.807, 2.05) is 6.92 Å². The van der Waals surface area contributed by atoms with Crippen molar-refractivity contribution in [2.45, 2.75) is 6.92 Å². The van der Waals surface area contributed by atoms with Crippen molar-refractivity contribution in [3.8, 4) is 0 Å². The SMILES string of the molecule is Cc1ccc([N-][N+](=O)[O-])cc1.[Li+]. The largest absolute Gasteiger partial charge is 1.00 e. The zero-order valence-electron chi connectivity index (χ0n) is 7.02. The monoisotopic (exact) mass is 158 g/mol. The standard InChI is InChI=1S/C7H7N2O2.Li/c1-6-2-4-7(5-3-6)8-9(10)11;/h2-5H,1H3;/q-1;+1. The molecule has 0 saturated heterocycles. The van der Waals surface area contributed by atoms with Gasteiger partial charge in [-0.3, -0.25) is 10.1 Å². The fraction of sp³-hybridized carbons (Fsp3) is 0.143. The maximum absolute atomic E-state index is 9.89. The van der Waals surface area contributed by atoms with Gasteiger partial charge in [0.1, 0.15) is 0 Å². The summed E-state index contributed by atoms with van der Waals surface area (Å²) in [5, 5.41) is 9.19. The second-order valence-corrected chi connectivity index (χ2v) is 2.17. The molecule has 58 valence electrons. The van der Waals surface area contributed by atoms with Crippen molar-refractivity contribution >= 4 is 5.69 Å².